The molecule has 5 nitrogen and oxygen atoms in total. The number of H-pyrrole nitrogens is 1. The molecule has 2 aromatic carbocycles. The van der Waals surface area contributed by atoms with E-state index >= 15 is 0 Å². The van der Waals surface area contributed by atoms with Crippen LogP contribution in [-0.2, 0) is 4.79 Å². The van der Waals surface area contributed by atoms with Crippen molar-refractivity contribution in [3.63, 3.8) is 0 Å². The highest BCUT2D eigenvalue weighted by molar-refractivity contribution is 5.97. The summed E-state index contributed by atoms with van der Waals surface area (Å²) in [6.07, 6.45) is 3.56. The third-order valence-corrected chi connectivity index (χ3v) is 5.43. The Bertz CT molecular complexity index is 1090. The summed E-state index contributed by atoms with van der Waals surface area (Å²) < 4.78 is 6.12. The molecule has 1 aliphatic rings. The van der Waals surface area contributed by atoms with Crippen LogP contribution < -0.4 is 10.3 Å². The fourth-order valence-electron chi connectivity index (χ4n) is 3.92. The van der Waals surface area contributed by atoms with E-state index in [1.54, 1.807) is 13.1 Å². The van der Waals surface area contributed by atoms with Gasteiger partial charge in [-0.25, -0.2) is 0 Å². The van der Waals surface area contributed by atoms with Gasteiger partial charge < -0.3 is 14.6 Å². The normalized spacial score (nSPS) is 16.9. The highest BCUT2D eigenvalue weighted by atomic mass is 16.5. The van der Waals surface area contributed by atoms with Crippen LogP contribution in [0.15, 0.2) is 53.5 Å². The minimum Gasteiger partial charge on any atom is -0.489 e. The lowest BCUT2D eigenvalue weighted by Crippen LogP contribution is -2.43. The summed E-state index contributed by atoms with van der Waals surface area (Å²) in [6.45, 7) is 5.03. The maximum absolute atomic E-state index is 12.5. The third kappa shape index (κ3) is 3.52. The van der Waals surface area contributed by atoms with Gasteiger partial charge in [0.1, 0.15) is 11.9 Å². The molecule has 28 heavy (non-hydrogen) atoms. The summed E-state index contributed by atoms with van der Waals surface area (Å²) in [4.78, 5) is 28.8. The predicted octanol–water partition coefficient (Wildman–Crippen LogP) is 3.89. The van der Waals surface area contributed by atoms with E-state index in [4.69, 9.17) is 4.74 Å². The topological polar surface area (TPSA) is 62.4 Å². The number of rotatable bonds is 3. The average Bonchev–Trinajstić information content (AvgIpc) is 2.70. The number of fused-ring (bicyclic) bond motifs is 1. The monoisotopic (exact) mass is 376 g/mol. The first-order valence-corrected chi connectivity index (χ1v) is 9.66. The number of carbonyl (C=O) groups is 1. The van der Waals surface area contributed by atoms with Gasteiger partial charge in [-0.05, 0) is 54.5 Å². The highest BCUT2D eigenvalue weighted by Gasteiger charge is 2.23. The van der Waals surface area contributed by atoms with Crippen LogP contribution in [0.25, 0.3) is 21.9 Å². The molecule has 1 unspecified atom stereocenters. The van der Waals surface area contributed by atoms with E-state index < -0.39 is 0 Å². The van der Waals surface area contributed by atoms with Crippen LogP contribution in [0.4, 0.5) is 0 Å². The van der Waals surface area contributed by atoms with Crippen molar-refractivity contribution in [3.8, 4) is 16.9 Å². The molecule has 0 radical (unpaired) electrons. The van der Waals surface area contributed by atoms with Gasteiger partial charge in [-0.15, -0.1) is 0 Å². The molecule has 0 saturated carbocycles. The zero-order chi connectivity index (χ0) is 19.7. The summed E-state index contributed by atoms with van der Waals surface area (Å²) in [5.74, 6) is 0.737. The second-order valence-corrected chi connectivity index (χ2v) is 7.40. The average molecular weight is 376 g/mol. The van der Waals surface area contributed by atoms with Crippen LogP contribution in [0.2, 0.25) is 0 Å². The second kappa shape index (κ2) is 7.50. The number of aryl methyl sites for hydroxylation is 1. The Morgan fingerprint density at radius 1 is 1.14 bits per heavy atom. The molecule has 1 atom stereocenters. The van der Waals surface area contributed by atoms with Crippen molar-refractivity contribution in [1.82, 2.24) is 9.88 Å². The summed E-state index contributed by atoms with van der Waals surface area (Å²) >= 11 is 0. The molecule has 0 aliphatic carbocycles. The van der Waals surface area contributed by atoms with E-state index in [-0.39, 0.29) is 17.6 Å². The summed E-state index contributed by atoms with van der Waals surface area (Å²) in [5.41, 5.74) is 3.12. The molecule has 2 heterocycles. The number of pyridine rings is 1. The van der Waals surface area contributed by atoms with E-state index in [0.29, 0.717) is 17.7 Å². The number of nitrogens with one attached hydrogen (secondary N) is 1. The minimum absolute atomic E-state index is 0.0475. The van der Waals surface area contributed by atoms with Crippen LogP contribution in [-0.4, -0.2) is 35.0 Å². The predicted molar refractivity (Wildman–Crippen MR) is 111 cm³/mol. The number of carbonyl (C=O) groups excluding carboxylic acids is 1. The van der Waals surface area contributed by atoms with Crippen molar-refractivity contribution in [3.05, 3.63) is 64.6 Å². The van der Waals surface area contributed by atoms with Gasteiger partial charge in [0, 0.05) is 25.2 Å². The minimum atomic E-state index is -0.133. The molecule has 0 bridgehead atoms. The van der Waals surface area contributed by atoms with Gasteiger partial charge in [0.2, 0.25) is 5.91 Å². The number of aromatic nitrogens is 1. The Morgan fingerprint density at radius 3 is 2.75 bits per heavy atom. The van der Waals surface area contributed by atoms with Crippen molar-refractivity contribution in [2.24, 2.45) is 0 Å². The lowest BCUT2D eigenvalue weighted by atomic mass is 9.97. The molecule has 1 amide bonds. The SMILES string of the molecule is CC(=O)N1CCCC(Oc2ccc3c(-c4ccccc4C)c[nH]c(=O)c3c2)C1. The molecule has 144 valence electrons. The van der Waals surface area contributed by atoms with Gasteiger partial charge in [-0.1, -0.05) is 24.3 Å². The first kappa shape index (κ1) is 18.3. The zero-order valence-corrected chi connectivity index (χ0v) is 16.2. The lowest BCUT2D eigenvalue weighted by Gasteiger charge is -2.32. The largest absolute Gasteiger partial charge is 0.489 e. The molecule has 1 N–H and O–H groups in total. The van der Waals surface area contributed by atoms with Crippen LogP contribution in [0.3, 0.4) is 0 Å². The van der Waals surface area contributed by atoms with Crippen molar-refractivity contribution in [2.45, 2.75) is 32.8 Å². The molecule has 1 aromatic heterocycles. The van der Waals surface area contributed by atoms with E-state index in [2.05, 4.69) is 24.0 Å². The molecule has 1 aliphatic heterocycles. The molecule has 5 heteroatoms. The summed E-state index contributed by atoms with van der Waals surface area (Å²) in [6, 6.07) is 13.8. The lowest BCUT2D eigenvalue weighted by molar-refractivity contribution is -0.131. The van der Waals surface area contributed by atoms with Gasteiger partial charge in [-0.3, -0.25) is 9.59 Å². The number of hydrogen-bond donors (Lipinski definition) is 1. The molecule has 3 aromatic rings. The Kier molecular flexibility index (Phi) is 4.90. The van der Waals surface area contributed by atoms with Crippen molar-refractivity contribution < 1.29 is 9.53 Å². The van der Waals surface area contributed by atoms with Crippen molar-refractivity contribution in [1.29, 1.82) is 0 Å². The van der Waals surface area contributed by atoms with E-state index in [1.807, 2.05) is 35.2 Å². The van der Waals surface area contributed by atoms with E-state index in [9.17, 15) is 9.59 Å². The first-order chi connectivity index (χ1) is 13.5. The Morgan fingerprint density at radius 2 is 1.96 bits per heavy atom. The van der Waals surface area contributed by atoms with Crippen molar-refractivity contribution >= 4 is 16.7 Å². The maximum atomic E-state index is 12.5. The number of nitrogens with zero attached hydrogens (tertiary/aromatic N) is 1. The zero-order valence-electron chi connectivity index (χ0n) is 16.2. The van der Waals surface area contributed by atoms with Gasteiger partial charge in [-0.2, -0.15) is 0 Å². The quantitative estimate of drug-likeness (QED) is 0.754. The Balaban J connectivity index is 1.68. The molecular formula is C23H24N2O3. The molecule has 1 saturated heterocycles. The standard InChI is InChI=1S/C23H24N2O3/c1-15-6-3-4-8-19(15)22-13-24-23(27)21-12-17(9-10-20(21)22)28-18-7-5-11-25(14-18)16(2)26/h3-4,6,8-10,12-13,18H,5,7,11,14H2,1-2H3,(H,24,27). The van der Waals surface area contributed by atoms with Crippen LogP contribution in [0, 0.1) is 6.92 Å². The van der Waals surface area contributed by atoms with Crippen LogP contribution in [0.1, 0.15) is 25.3 Å². The van der Waals surface area contributed by atoms with Gasteiger partial charge in [0.05, 0.1) is 11.9 Å². The number of piperidine rings is 1. The smallest absolute Gasteiger partial charge is 0.255 e. The molecule has 0 spiro atoms. The number of likely N-dealkylation sites (tertiary alicyclic amines) is 1. The number of benzene rings is 2. The summed E-state index contributed by atoms with van der Waals surface area (Å²) in [7, 11) is 0. The number of hydrogen-bond acceptors (Lipinski definition) is 3. The Labute approximate surface area is 163 Å². The third-order valence-electron chi connectivity index (χ3n) is 5.43. The van der Waals surface area contributed by atoms with Gasteiger partial charge in [0.25, 0.3) is 5.56 Å². The number of amides is 1. The molecule has 1 fully saturated rings. The van der Waals surface area contributed by atoms with Crippen molar-refractivity contribution in [2.75, 3.05) is 13.1 Å². The highest BCUT2D eigenvalue weighted by Crippen LogP contribution is 2.31. The maximum Gasteiger partial charge on any atom is 0.255 e. The Hall–Kier alpha value is -3.08. The van der Waals surface area contributed by atoms with Crippen LogP contribution >= 0.6 is 0 Å². The van der Waals surface area contributed by atoms with Gasteiger partial charge in [0.15, 0.2) is 0 Å². The fraction of sp³-hybridized carbons (Fsp3) is 0.304. The van der Waals surface area contributed by atoms with Crippen LogP contribution in [0.5, 0.6) is 5.75 Å². The molecular weight excluding hydrogens is 352 g/mol. The van der Waals surface area contributed by atoms with Gasteiger partial charge >= 0.3 is 0 Å². The van der Waals surface area contributed by atoms with E-state index in [0.717, 1.165) is 41.5 Å². The summed E-state index contributed by atoms with van der Waals surface area (Å²) in [5, 5.41) is 1.51. The number of aromatic amines is 1. The van der Waals surface area contributed by atoms with E-state index in [1.165, 1.54) is 0 Å². The second-order valence-electron chi connectivity index (χ2n) is 7.40. The fourth-order valence-corrected chi connectivity index (χ4v) is 3.92. The first-order valence-electron chi connectivity index (χ1n) is 9.66. The molecule has 4 rings (SSSR count). The number of ether oxygens (including phenoxy) is 1.